The molecule has 0 bridgehead atoms. The van der Waals surface area contributed by atoms with Crippen molar-refractivity contribution in [3.63, 3.8) is 0 Å². The first kappa shape index (κ1) is 14.3. The molecule has 1 unspecified atom stereocenters. The third-order valence-corrected chi connectivity index (χ3v) is 4.19. The van der Waals surface area contributed by atoms with E-state index in [1.165, 1.54) is 6.07 Å². The average Bonchev–Trinajstić information content (AvgIpc) is 2.41. The van der Waals surface area contributed by atoms with Gasteiger partial charge in [-0.1, -0.05) is 11.6 Å². The number of hydrogen-bond donors (Lipinski definition) is 0. The highest BCUT2D eigenvalue weighted by molar-refractivity contribution is 6.20. The Morgan fingerprint density at radius 2 is 2.05 bits per heavy atom. The molecule has 1 aliphatic rings. The molecule has 0 radical (unpaired) electrons. The lowest BCUT2D eigenvalue weighted by atomic mass is 9.93. The number of carbonyl (C=O) groups excluding carboxylic acids is 1. The van der Waals surface area contributed by atoms with Crippen LogP contribution in [0.15, 0.2) is 18.2 Å². The quantitative estimate of drug-likeness (QED) is 0.759. The molecular weight excluding hydrogens is 265 g/mol. The number of amides is 1. The fourth-order valence-electron chi connectivity index (χ4n) is 2.54. The van der Waals surface area contributed by atoms with Crippen molar-refractivity contribution in [1.29, 1.82) is 0 Å². The van der Waals surface area contributed by atoms with Gasteiger partial charge in [0.25, 0.3) is 5.91 Å². The zero-order valence-corrected chi connectivity index (χ0v) is 12.1. The van der Waals surface area contributed by atoms with Crippen LogP contribution >= 0.6 is 11.6 Å². The molecule has 1 aromatic rings. The van der Waals surface area contributed by atoms with E-state index in [1.807, 2.05) is 13.8 Å². The number of piperidine rings is 1. The van der Waals surface area contributed by atoms with Crippen LogP contribution in [0.5, 0.6) is 0 Å². The van der Waals surface area contributed by atoms with Gasteiger partial charge in [-0.2, -0.15) is 0 Å². The fraction of sp³-hybridized carbons (Fsp3) is 0.533. The molecule has 0 spiro atoms. The van der Waals surface area contributed by atoms with Crippen LogP contribution in [0.2, 0.25) is 0 Å². The van der Waals surface area contributed by atoms with Crippen molar-refractivity contribution in [1.82, 2.24) is 4.90 Å². The van der Waals surface area contributed by atoms with E-state index < -0.39 is 5.82 Å². The van der Waals surface area contributed by atoms with Crippen molar-refractivity contribution in [3.8, 4) is 0 Å². The summed E-state index contributed by atoms with van der Waals surface area (Å²) in [6.45, 7) is 5.17. The van der Waals surface area contributed by atoms with E-state index in [0.717, 1.165) is 18.4 Å². The molecule has 0 saturated carbocycles. The monoisotopic (exact) mass is 283 g/mol. The molecule has 1 saturated heterocycles. The van der Waals surface area contributed by atoms with Crippen molar-refractivity contribution in [2.45, 2.75) is 32.1 Å². The molecule has 19 heavy (non-hydrogen) atoms. The van der Waals surface area contributed by atoms with Crippen molar-refractivity contribution in [3.05, 3.63) is 35.1 Å². The summed E-state index contributed by atoms with van der Waals surface area (Å²) in [5.41, 5.74) is 1.08. The first-order chi connectivity index (χ1) is 8.99. The van der Waals surface area contributed by atoms with E-state index >= 15 is 0 Å². The minimum atomic E-state index is -0.441. The highest BCUT2D eigenvalue weighted by Crippen LogP contribution is 2.25. The minimum absolute atomic E-state index is 0.132. The number of hydrogen-bond acceptors (Lipinski definition) is 1. The Morgan fingerprint density at radius 3 is 2.63 bits per heavy atom. The van der Waals surface area contributed by atoms with Crippen LogP contribution < -0.4 is 0 Å². The van der Waals surface area contributed by atoms with Gasteiger partial charge in [0.1, 0.15) is 5.82 Å². The van der Waals surface area contributed by atoms with Crippen LogP contribution in [0.3, 0.4) is 0 Å². The van der Waals surface area contributed by atoms with Crippen LogP contribution in [0, 0.1) is 18.7 Å². The number of halogens is 2. The van der Waals surface area contributed by atoms with E-state index in [2.05, 4.69) is 0 Å². The second kappa shape index (κ2) is 5.91. The molecule has 1 aliphatic heterocycles. The molecule has 0 aromatic heterocycles. The SMILES string of the molecule is Cc1ccc(F)c(C(=O)N2CCC(C(C)Cl)CC2)c1. The van der Waals surface area contributed by atoms with Gasteiger partial charge < -0.3 is 4.90 Å². The molecule has 2 rings (SSSR count). The number of benzene rings is 1. The molecule has 4 heteroatoms. The normalized spacial score (nSPS) is 18.4. The smallest absolute Gasteiger partial charge is 0.256 e. The lowest BCUT2D eigenvalue weighted by Crippen LogP contribution is -2.40. The zero-order chi connectivity index (χ0) is 14.0. The first-order valence-electron chi connectivity index (χ1n) is 6.68. The second-order valence-electron chi connectivity index (χ2n) is 5.29. The van der Waals surface area contributed by atoms with Crippen molar-refractivity contribution >= 4 is 17.5 Å². The van der Waals surface area contributed by atoms with E-state index in [-0.39, 0.29) is 16.8 Å². The van der Waals surface area contributed by atoms with E-state index in [4.69, 9.17) is 11.6 Å². The molecule has 0 aliphatic carbocycles. The van der Waals surface area contributed by atoms with Crippen LogP contribution in [0.4, 0.5) is 4.39 Å². The maximum atomic E-state index is 13.7. The summed E-state index contributed by atoms with van der Waals surface area (Å²) < 4.78 is 13.7. The van der Waals surface area contributed by atoms with Gasteiger partial charge in [0.15, 0.2) is 0 Å². The summed E-state index contributed by atoms with van der Waals surface area (Å²) >= 11 is 6.08. The topological polar surface area (TPSA) is 20.3 Å². The van der Waals surface area contributed by atoms with Crippen molar-refractivity contribution in [2.75, 3.05) is 13.1 Å². The molecule has 104 valence electrons. The summed E-state index contributed by atoms with van der Waals surface area (Å²) in [4.78, 5) is 14.0. The van der Waals surface area contributed by atoms with Crippen LogP contribution in [0.25, 0.3) is 0 Å². The first-order valence-corrected chi connectivity index (χ1v) is 7.12. The number of likely N-dealkylation sites (tertiary alicyclic amines) is 1. The predicted octanol–water partition coefficient (Wildman–Crippen LogP) is 3.61. The van der Waals surface area contributed by atoms with Gasteiger partial charge in [-0.25, -0.2) is 4.39 Å². The summed E-state index contributed by atoms with van der Waals surface area (Å²) in [6.07, 6.45) is 1.79. The average molecular weight is 284 g/mol. The second-order valence-corrected chi connectivity index (χ2v) is 5.98. The maximum absolute atomic E-state index is 13.7. The third-order valence-electron chi connectivity index (χ3n) is 3.83. The van der Waals surface area contributed by atoms with E-state index in [9.17, 15) is 9.18 Å². The number of rotatable bonds is 2. The van der Waals surface area contributed by atoms with Crippen LogP contribution in [-0.4, -0.2) is 29.3 Å². The van der Waals surface area contributed by atoms with Gasteiger partial charge in [0.05, 0.1) is 5.56 Å². The van der Waals surface area contributed by atoms with Gasteiger partial charge in [-0.3, -0.25) is 4.79 Å². The minimum Gasteiger partial charge on any atom is -0.339 e. The van der Waals surface area contributed by atoms with Crippen LogP contribution in [-0.2, 0) is 0 Å². The summed E-state index contributed by atoms with van der Waals surface area (Å²) in [5, 5.41) is 0.132. The molecule has 0 N–H and O–H groups in total. The number of alkyl halides is 1. The maximum Gasteiger partial charge on any atom is 0.256 e. The van der Waals surface area contributed by atoms with Gasteiger partial charge in [0, 0.05) is 18.5 Å². The van der Waals surface area contributed by atoms with E-state index in [0.29, 0.717) is 19.0 Å². The van der Waals surface area contributed by atoms with Crippen molar-refractivity contribution in [2.24, 2.45) is 5.92 Å². The van der Waals surface area contributed by atoms with Gasteiger partial charge in [-0.15, -0.1) is 11.6 Å². The fourth-order valence-corrected chi connectivity index (χ4v) is 2.79. The molecule has 1 heterocycles. The summed E-state index contributed by atoms with van der Waals surface area (Å²) in [7, 11) is 0. The predicted molar refractivity (Wildman–Crippen MR) is 75.1 cm³/mol. The largest absolute Gasteiger partial charge is 0.339 e. The number of carbonyl (C=O) groups is 1. The molecular formula is C15H19ClFNO. The van der Waals surface area contributed by atoms with Crippen molar-refractivity contribution < 1.29 is 9.18 Å². The van der Waals surface area contributed by atoms with Gasteiger partial charge in [-0.05, 0) is 44.7 Å². The molecule has 1 aromatic carbocycles. The Hall–Kier alpha value is -1.09. The lowest BCUT2D eigenvalue weighted by molar-refractivity contribution is 0.0685. The Morgan fingerprint density at radius 1 is 1.42 bits per heavy atom. The molecule has 1 fully saturated rings. The summed E-state index contributed by atoms with van der Waals surface area (Å²) in [5.74, 6) is -0.196. The zero-order valence-electron chi connectivity index (χ0n) is 11.3. The lowest BCUT2D eigenvalue weighted by Gasteiger charge is -2.33. The summed E-state index contributed by atoms with van der Waals surface area (Å²) in [6, 6.07) is 4.65. The van der Waals surface area contributed by atoms with Gasteiger partial charge >= 0.3 is 0 Å². The Kier molecular flexibility index (Phi) is 4.46. The highest BCUT2D eigenvalue weighted by atomic mass is 35.5. The third kappa shape index (κ3) is 3.27. The van der Waals surface area contributed by atoms with Gasteiger partial charge in [0.2, 0.25) is 0 Å². The number of nitrogens with zero attached hydrogens (tertiary/aromatic N) is 1. The van der Waals surface area contributed by atoms with Crippen LogP contribution in [0.1, 0.15) is 35.7 Å². The molecule has 2 nitrogen and oxygen atoms in total. The molecule has 1 atom stereocenters. The Labute approximate surface area is 118 Å². The highest BCUT2D eigenvalue weighted by Gasteiger charge is 2.27. The Bertz CT molecular complexity index is 467. The van der Waals surface area contributed by atoms with E-state index in [1.54, 1.807) is 17.0 Å². The Balaban J connectivity index is 2.07. The standard InChI is InChI=1S/C15H19ClFNO/c1-10-3-4-14(17)13(9-10)15(19)18-7-5-12(6-8-18)11(2)16/h3-4,9,11-12H,5-8H2,1-2H3. The molecule has 1 amide bonds. The number of aryl methyl sites for hydroxylation is 1.